The van der Waals surface area contributed by atoms with Crippen molar-refractivity contribution < 1.29 is 17.9 Å². The minimum absolute atomic E-state index is 0.00353. The summed E-state index contributed by atoms with van der Waals surface area (Å²) in [6.45, 7) is 1.07. The first-order valence-electron chi connectivity index (χ1n) is 5.45. The van der Waals surface area contributed by atoms with Crippen LogP contribution in [0.4, 0.5) is 18.3 Å². The van der Waals surface area contributed by atoms with Crippen LogP contribution in [0.2, 0.25) is 0 Å². The smallest absolute Gasteiger partial charge is 0.183 e. The van der Waals surface area contributed by atoms with Crippen molar-refractivity contribution in [3.8, 4) is 10.4 Å². The summed E-state index contributed by atoms with van der Waals surface area (Å²) in [5, 5.41) is 3.54. The first-order valence-corrected chi connectivity index (χ1v) is 6.27. The number of anilines is 1. The van der Waals surface area contributed by atoms with Gasteiger partial charge in [0.15, 0.2) is 16.8 Å². The van der Waals surface area contributed by atoms with Gasteiger partial charge in [0.1, 0.15) is 5.82 Å². The van der Waals surface area contributed by atoms with Gasteiger partial charge in [0.25, 0.3) is 0 Å². The average Bonchev–Trinajstić information content (AvgIpc) is 2.83. The minimum Gasteiger partial charge on any atom is -0.383 e. The second-order valence-electron chi connectivity index (χ2n) is 3.70. The van der Waals surface area contributed by atoms with Crippen LogP contribution in [0.25, 0.3) is 10.4 Å². The maximum absolute atomic E-state index is 13.6. The fourth-order valence-corrected chi connectivity index (χ4v) is 2.31. The molecule has 0 amide bonds. The zero-order valence-electron chi connectivity index (χ0n) is 10.0. The number of hydrogen-bond donors (Lipinski definition) is 1. The van der Waals surface area contributed by atoms with Crippen LogP contribution in [0.5, 0.6) is 0 Å². The van der Waals surface area contributed by atoms with E-state index < -0.39 is 17.5 Å². The highest BCUT2D eigenvalue weighted by Gasteiger charge is 2.13. The van der Waals surface area contributed by atoms with Gasteiger partial charge >= 0.3 is 0 Å². The Kier molecular flexibility index (Phi) is 4.39. The van der Waals surface area contributed by atoms with Crippen molar-refractivity contribution in [2.45, 2.75) is 0 Å². The first kappa shape index (κ1) is 13.8. The van der Waals surface area contributed by atoms with E-state index in [1.165, 1.54) is 6.20 Å². The number of methoxy groups -OCH3 is 1. The van der Waals surface area contributed by atoms with Gasteiger partial charge in [0.05, 0.1) is 11.5 Å². The number of benzene rings is 1. The van der Waals surface area contributed by atoms with Crippen molar-refractivity contribution in [1.82, 2.24) is 4.98 Å². The van der Waals surface area contributed by atoms with Gasteiger partial charge < -0.3 is 10.1 Å². The zero-order chi connectivity index (χ0) is 13.8. The number of thiazole rings is 1. The summed E-state index contributed by atoms with van der Waals surface area (Å²) >= 11 is 1.16. The van der Waals surface area contributed by atoms with E-state index in [1.807, 2.05) is 0 Å². The molecular weight excluding hydrogens is 277 g/mol. The molecule has 1 aromatic carbocycles. The van der Waals surface area contributed by atoms with Gasteiger partial charge in [0, 0.05) is 31.5 Å². The predicted molar refractivity (Wildman–Crippen MR) is 67.8 cm³/mol. The summed E-state index contributed by atoms with van der Waals surface area (Å²) < 4.78 is 44.4. The van der Waals surface area contributed by atoms with Crippen LogP contribution in [0.15, 0.2) is 18.3 Å². The molecule has 0 saturated heterocycles. The Morgan fingerprint density at radius 3 is 2.68 bits per heavy atom. The molecule has 0 aliphatic heterocycles. The molecule has 0 atom stereocenters. The van der Waals surface area contributed by atoms with Crippen molar-refractivity contribution in [1.29, 1.82) is 0 Å². The van der Waals surface area contributed by atoms with Gasteiger partial charge in [-0.3, -0.25) is 0 Å². The Hall–Kier alpha value is -1.60. The number of hydrogen-bond acceptors (Lipinski definition) is 4. The molecule has 0 radical (unpaired) electrons. The van der Waals surface area contributed by atoms with Crippen LogP contribution in [0.3, 0.4) is 0 Å². The van der Waals surface area contributed by atoms with Crippen LogP contribution >= 0.6 is 11.3 Å². The Bertz CT molecular complexity index is 574. The van der Waals surface area contributed by atoms with Crippen molar-refractivity contribution in [2.24, 2.45) is 0 Å². The third-order valence-electron chi connectivity index (χ3n) is 2.36. The third-order valence-corrected chi connectivity index (χ3v) is 3.35. The van der Waals surface area contributed by atoms with Gasteiger partial charge in [-0.1, -0.05) is 11.3 Å². The van der Waals surface area contributed by atoms with E-state index in [1.54, 1.807) is 7.11 Å². The number of nitrogens with zero attached hydrogens (tertiary/aromatic N) is 1. The summed E-state index contributed by atoms with van der Waals surface area (Å²) in [4.78, 5) is 4.45. The number of aromatic nitrogens is 1. The lowest BCUT2D eigenvalue weighted by Gasteiger charge is -2.01. The van der Waals surface area contributed by atoms with Crippen LogP contribution in [-0.2, 0) is 4.74 Å². The Balaban J connectivity index is 2.20. The Morgan fingerprint density at radius 2 is 1.95 bits per heavy atom. The SMILES string of the molecule is COCCNc1ncc(-c2cc(F)c(F)cc2F)s1. The Morgan fingerprint density at radius 1 is 1.21 bits per heavy atom. The highest BCUT2D eigenvalue weighted by atomic mass is 32.1. The second-order valence-corrected chi connectivity index (χ2v) is 4.73. The summed E-state index contributed by atoms with van der Waals surface area (Å²) in [6.07, 6.45) is 1.41. The third kappa shape index (κ3) is 3.24. The van der Waals surface area contributed by atoms with E-state index in [9.17, 15) is 13.2 Å². The van der Waals surface area contributed by atoms with Crippen LogP contribution in [-0.4, -0.2) is 25.2 Å². The zero-order valence-corrected chi connectivity index (χ0v) is 10.9. The molecule has 1 aromatic heterocycles. The first-order chi connectivity index (χ1) is 9.11. The van der Waals surface area contributed by atoms with Crippen molar-refractivity contribution in [3.63, 3.8) is 0 Å². The molecule has 0 fully saturated rings. The van der Waals surface area contributed by atoms with E-state index in [4.69, 9.17) is 4.74 Å². The maximum Gasteiger partial charge on any atom is 0.183 e. The summed E-state index contributed by atoms with van der Waals surface area (Å²) in [7, 11) is 1.58. The molecule has 2 rings (SSSR count). The molecule has 0 spiro atoms. The minimum atomic E-state index is -1.20. The quantitative estimate of drug-likeness (QED) is 0.677. The van der Waals surface area contributed by atoms with Crippen molar-refractivity contribution in [2.75, 3.05) is 25.6 Å². The van der Waals surface area contributed by atoms with Gasteiger partial charge in [-0.05, 0) is 6.07 Å². The second kappa shape index (κ2) is 6.03. The van der Waals surface area contributed by atoms with Crippen LogP contribution < -0.4 is 5.32 Å². The van der Waals surface area contributed by atoms with Crippen molar-refractivity contribution >= 4 is 16.5 Å². The van der Waals surface area contributed by atoms with E-state index in [-0.39, 0.29) is 5.56 Å². The molecule has 0 bridgehead atoms. The lowest BCUT2D eigenvalue weighted by atomic mass is 10.2. The molecular formula is C12H11F3N2OS. The molecule has 7 heteroatoms. The number of rotatable bonds is 5. The van der Waals surface area contributed by atoms with Gasteiger partial charge in [-0.2, -0.15) is 0 Å². The maximum atomic E-state index is 13.6. The molecule has 3 nitrogen and oxygen atoms in total. The predicted octanol–water partition coefficient (Wildman–Crippen LogP) is 3.29. The molecule has 0 saturated carbocycles. The van der Waals surface area contributed by atoms with Crippen LogP contribution in [0.1, 0.15) is 0 Å². The lowest BCUT2D eigenvalue weighted by molar-refractivity contribution is 0.211. The number of nitrogens with one attached hydrogen (secondary N) is 1. The van der Waals surface area contributed by atoms with Crippen molar-refractivity contribution in [3.05, 3.63) is 35.8 Å². The Labute approximate surface area is 112 Å². The van der Waals surface area contributed by atoms with E-state index in [2.05, 4.69) is 10.3 Å². The molecule has 2 aromatic rings. The van der Waals surface area contributed by atoms with E-state index >= 15 is 0 Å². The number of ether oxygens (including phenoxy) is 1. The van der Waals surface area contributed by atoms with E-state index in [0.29, 0.717) is 29.2 Å². The molecule has 0 unspecified atom stereocenters. The molecule has 102 valence electrons. The molecule has 0 aliphatic carbocycles. The summed E-state index contributed by atoms with van der Waals surface area (Å²) in [5.74, 6) is -3.10. The fourth-order valence-electron chi connectivity index (χ4n) is 1.45. The molecule has 0 aliphatic rings. The van der Waals surface area contributed by atoms with Gasteiger partial charge in [-0.25, -0.2) is 18.2 Å². The molecule has 1 heterocycles. The summed E-state index contributed by atoms with van der Waals surface area (Å²) in [5.41, 5.74) is -0.00353. The normalized spacial score (nSPS) is 10.7. The lowest BCUT2D eigenvalue weighted by Crippen LogP contribution is -2.06. The highest BCUT2D eigenvalue weighted by Crippen LogP contribution is 2.31. The summed E-state index contributed by atoms with van der Waals surface area (Å²) in [6, 6.07) is 1.36. The topological polar surface area (TPSA) is 34.1 Å². The average molecular weight is 288 g/mol. The monoisotopic (exact) mass is 288 g/mol. The standard InChI is InChI=1S/C12H11F3N2OS/c1-18-3-2-16-12-17-6-11(19-12)7-4-9(14)10(15)5-8(7)13/h4-6H,2-3H2,1H3,(H,16,17). The molecule has 1 N–H and O–H groups in total. The largest absolute Gasteiger partial charge is 0.383 e. The van der Waals surface area contributed by atoms with Gasteiger partial charge in [-0.15, -0.1) is 0 Å². The van der Waals surface area contributed by atoms with E-state index in [0.717, 1.165) is 17.4 Å². The fraction of sp³-hybridized carbons (Fsp3) is 0.250. The number of halogens is 3. The highest BCUT2D eigenvalue weighted by molar-refractivity contribution is 7.18. The van der Waals surface area contributed by atoms with Crippen LogP contribution in [0, 0.1) is 17.5 Å². The van der Waals surface area contributed by atoms with Gasteiger partial charge in [0.2, 0.25) is 0 Å². The molecule has 19 heavy (non-hydrogen) atoms.